The van der Waals surface area contributed by atoms with Gasteiger partial charge in [-0.25, -0.2) is 0 Å². The first kappa shape index (κ1) is 11.2. The Bertz CT molecular complexity index is 490. The first-order valence-electron chi connectivity index (χ1n) is 5.18. The van der Waals surface area contributed by atoms with Gasteiger partial charge in [-0.1, -0.05) is 11.6 Å². The molecule has 2 rings (SSSR count). The third-order valence-corrected chi connectivity index (χ3v) is 3.62. The van der Waals surface area contributed by atoms with E-state index in [-0.39, 0.29) is 0 Å². The number of benzene rings is 1. The molecule has 0 saturated heterocycles. The predicted molar refractivity (Wildman–Crippen MR) is 68.9 cm³/mol. The lowest BCUT2D eigenvalue weighted by molar-refractivity contribution is 0.416. The van der Waals surface area contributed by atoms with Crippen LogP contribution in [0.5, 0.6) is 5.75 Å². The molecule has 0 bridgehead atoms. The van der Waals surface area contributed by atoms with Crippen LogP contribution < -0.4 is 10.5 Å². The number of methoxy groups -OCH3 is 1. The molecule has 3 heteroatoms. The van der Waals surface area contributed by atoms with Crippen molar-refractivity contribution in [2.45, 2.75) is 13.5 Å². The monoisotopic (exact) mass is 233 g/mol. The number of rotatable bonds is 3. The van der Waals surface area contributed by atoms with Gasteiger partial charge in [0.15, 0.2) is 0 Å². The van der Waals surface area contributed by atoms with Crippen molar-refractivity contribution >= 4 is 11.3 Å². The van der Waals surface area contributed by atoms with Gasteiger partial charge >= 0.3 is 0 Å². The molecule has 0 aliphatic heterocycles. The van der Waals surface area contributed by atoms with E-state index in [2.05, 4.69) is 31.2 Å². The van der Waals surface area contributed by atoms with E-state index in [0.717, 1.165) is 11.3 Å². The zero-order valence-electron chi connectivity index (χ0n) is 9.49. The van der Waals surface area contributed by atoms with E-state index >= 15 is 0 Å². The summed E-state index contributed by atoms with van der Waals surface area (Å²) in [5, 5.41) is 0. The molecule has 0 aliphatic rings. The fourth-order valence-corrected chi connectivity index (χ4v) is 2.55. The molecule has 1 aromatic carbocycles. The highest BCUT2D eigenvalue weighted by molar-refractivity contribution is 7.15. The number of hydrogen-bond acceptors (Lipinski definition) is 3. The van der Waals surface area contributed by atoms with Crippen LogP contribution in [-0.4, -0.2) is 7.11 Å². The smallest absolute Gasteiger partial charge is 0.127 e. The van der Waals surface area contributed by atoms with Crippen LogP contribution in [0.2, 0.25) is 0 Å². The topological polar surface area (TPSA) is 35.2 Å². The minimum atomic E-state index is 0.596. The predicted octanol–water partition coefficient (Wildman–Crippen LogP) is 3.19. The standard InChI is InChI=1S/C13H15NOS/c1-9-3-5-12(15-2)11(7-9)13-6-4-10(8-14)16-13/h3-7H,8,14H2,1-2H3. The van der Waals surface area contributed by atoms with E-state index < -0.39 is 0 Å². The Morgan fingerprint density at radius 3 is 2.69 bits per heavy atom. The van der Waals surface area contributed by atoms with Crippen LogP contribution in [0.4, 0.5) is 0 Å². The highest BCUT2D eigenvalue weighted by atomic mass is 32.1. The highest BCUT2D eigenvalue weighted by Gasteiger charge is 2.08. The van der Waals surface area contributed by atoms with E-state index in [1.165, 1.54) is 15.3 Å². The average molecular weight is 233 g/mol. The van der Waals surface area contributed by atoms with Crippen molar-refractivity contribution in [2.24, 2.45) is 5.73 Å². The van der Waals surface area contributed by atoms with Crippen LogP contribution in [0.25, 0.3) is 10.4 Å². The summed E-state index contributed by atoms with van der Waals surface area (Å²) in [7, 11) is 1.70. The molecule has 0 amide bonds. The first-order valence-corrected chi connectivity index (χ1v) is 6.00. The normalized spacial score (nSPS) is 10.4. The van der Waals surface area contributed by atoms with Crippen molar-refractivity contribution in [3.8, 4) is 16.2 Å². The molecular formula is C13H15NOS. The molecule has 2 aromatic rings. The molecule has 16 heavy (non-hydrogen) atoms. The van der Waals surface area contributed by atoms with Gasteiger partial charge < -0.3 is 10.5 Å². The maximum absolute atomic E-state index is 5.62. The van der Waals surface area contributed by atoms with Crippen molar-refractivity contribution in [3.05, 3.63) is 40.8 Å². The SMILES string of the molecule is COc1ccc(C)cc1-c1ccc(CN)s1. The van der Waals surface area contributed by atoms with Crippen LogP contribution in [0.3, 0.4) is 0 Å². The van der Waals surface area contributed by atoms with E-state index in [1.807, 2.05) is 6.07 Å². The number of ether oxygens (including phenoxy) is 1. The van der Waals surface area contributed by atoms with Crippen LogP contribution in [-0.2, 0) is 6.54 Å². The summed E-state index contributed by atoms with van der Waals surface area (Å²) in [6.45, 7) is 2.68. The lowest BCUT2D eigenvalue weighted by atomic mass is 10.1. The van der Waals surface area contributed by atoms with Gasteiger partial charge in [0.2, 0.25) is 0 Å². The van der Waals surface area contributed by atoms with Crippen molar-refractivity contribution in [3.63, 3.8) is 0 Å². The molecule has 1 aromatic heterocycles. The van der Waals surface area contributed by atoms with Gasteiger partial charge in [0, 0.05) is 21.9 Å². The van der Waals surface area contributed by atoms with E-state index in [0.29, 0.717) is 6.54 Å². The fourth-order valence-electron chi connectivity index (χ4n) is 1.65. The third kappa shape index (κ3) is 2.10. The molecule has 0 saturated carbocycles. The van der Waals surface area contributed by atoms with Gasteiger partial charge in [0.25, 0.3) is 0 Å². The summed E-state index contributed by atoms with van der Waals surface area (Å²) in [4.78, 5) is 2.40. The number of aryl methyl sites for hydroxylation is 1. The van der Waals surface area contributed by atoms with Crippen molar-refractivity contribution in [1.82, 2.24) is 0 Å². The van der Waals surface area contributed by atoms with E-state index in [4.69, 9.17) is 10.5 Å². The van der Waals surface area contributed by atoms with Crippen LogP contribution >= 0.6 is 11.3 Å². The van der Waals surface area contributed by atoms with Crippen molar-refractivity contribution in [1.29, 1.82) is 0 Å². The highest BCUT2D eigenvalue weighted by Crippen LogP contribution is 2.35. The molecule has 2 N–H and O–H groups in total. The van der Waals surface area contributed by atoms with Crippen molar-refractivity contribution in [2.75, 3.05) is 7.11 Å². The molecule has 0 unspecified atom stereocenters. The van der Waals surface area contributed by atoms with Gasteiger partial charge in [0.1, 0.15) is 5.75 Å². The summed E-state index contributed by atoms with van der Waals surface area (Å²) in [5.41, 5.74) is 8.00. The quantitative estimate of drug-likeness (QED) is 0.883. The minimum absolute atomic E-state index is 0.596. The Labute approximate surface area is 99.7 Å². The summed E-state index contributed by atoms with van der Waals surface area (Å²) in [6.07, 6.45) is 0. The molecule has 1 heterocycles. The van der Waals surface area contributed by atoms with Gasteiger partial charge in [-0.2, -0.15) is 0 Å². The Morgan fingerprint density at radius 2 is 2.06 bits per heavy atom. The molecule has 0 fully saturated rings. The Hall–Kier alpha value is -1.32. The van der Waals surface area contributed by atoms with Gasteiger partial charge in [-0.05, 0) is 31.2 Å². The maximum Gasteiger partial charge on any atom is 0.127 e. The average Bonchev–Trinajstić information content (AvgIpc) is 2.77. The van der Waals surface area contributed by atoms with Gasteiger partial charge in [-0.3, -0.25) is 0 Å². The van der Waals surface area contributed by atoms with Crippen LogP contribution in [0.1, 0.15) is 10.4 Å². The molecule has 0 spiro atoms. The second-order valence-electron chi connectivity index (χ2n) is 3.67. The largest absolute Gasteiger partial charge is 0.496 e. The number of thiophene rings is 1. The molecule has 0 atom stereocenters. The zero-order chi connectivity index (χ0) is 11.5. The van der Waals surface area contributed by atoms with E-state index in [1.54, 1.807) is 18.4 Å². The fraction of sp³-hybridized carbons (Fsp3) is 0.231. The molecule has 2 nitrogen and oxygen atoms in total. The van der Waals surface area contributed by atoms with Gasteiger partial charge in [0.05, 0.1) is 7.11 Å². The second kappa shape index (κ2) is 4.68. The number of hydrogen-bond donors (Lipinski definition) is 1. The summed E-state index contributed by atoms with van der Waals surface area (Å²) >= 11 is 1.72. The Morgan fingerprint density at radius 1 is 1.25 bits per heavy atom. The zero-order valence-corrected chi connectivity index (χ0v) is 10.3. The van der Waals surface area contributed by atoms with E-state index in [9.17, 15) is 0 Å². The Balaban J connectivity index is 2.49. The molecule has 84 valence electrons. The Kier molecular flexibility index (Phi) is 3.27. The summed E-state index contributed by atoms with van der Waals surface area (Å²) < 4.78 is 5.37. The van der Waals surface area contributed by atoms with Crippen molar-refractivity contribution < 1.29 is 4.74 Å². The first-order chi connectivity index (χ1) is 7.74. The van der Waals surface area contributed by atoms with Crippen LogP contribution in [0, 0.1) is 6.92 Å². The van der Waals surface area contributed by atoms with Crippen LogP contribution in [0.15, 0.2) is 30.3 Å². The maximum atomic E-state index is 5.62. The third-order valence-electron chi connectivity index (χ3n) is 2.48. The summed E-state index contributed by atoms with van der Waals surface area (Å²) in [5.74, 6) is 0.913. The summed E-state index contributed by atoms with van der Waals surface area (Å²) in [6, 6.07) is 10.4. The molecule has 0 aliphatic carbocycles. The minimum Gasteiger partial charge on any atom is -0.496 e. The second-order valence-corrected chi connectivity index (χ2v) is 4.84. The lowest BCUT2D eigenvalue weighted by Crippen LogP contribution is -1.91. The lowest BCUT2D eigenvalue weighted by Gasteiger charge is -2.07. The molecule has 0 radical (unpaired) electrons. The number of nitrogens with two attached hydrogens (primary N) is 1. The molecular weight excluding hydrogens is 218 g/mol. The van der Waals surface area contributed by atoms with Gasteiger partial charge in [-0.15, -0.1) is 11.3 Å².